The highest BCUT2D eigenvalue weighted by atomic mass is 32.2. The Bertz CT molecular complexity index is 1310. The lowest BCUT2D eigenvalue weighted by molar-refractivity contribution is -0.119. The van der Waals surface area contributed by atoms with Gasteiger partial charge in [-0.3, -0.25) is 9.10 Å². The number of aromatic hydroxyl groups is 1. The van der Waals surface area contributed by atoms with Crippen LogP contribution in [-0.2, 0) is 14.8 Å². The highest BCUT2D eigenvalue weighted by molar-refractivity contribution is 7.92. The predicted molar refractivity (Wildman–Crippen MR) is 134 cm³/mol. The Morgan fingerprint density at radius 3 is 2.49 bits per heavy atom. The molecule has 3 aromatic carbocycles. The van der Waals surface area contributed by atoms with E-state index in [0.29, 0.717) is 17.9 Å². The van der Waals surface area contributed by atoms with Gasteiger partial charge < -0.3 is 14.6 Å². The molecule has 3 aromatic rings. The molecule has 0 saturated heterocycles. The van der Waals surface area contributed by atoms with Crippen molar-refractivity contribution in [1.29, 1.82) is 0 Å². The second-order valence-corrected chi connectivity index (χ2v) is 9.31. The average Bonchev–Trinajstić information content (AvgIpc) is 2.84. The summed E-state index contributed by atoms with van der Waals surface area (Å²) in [5.41, 5.74) is 4.05. The van der Waals surface area contributed by atoms with E-state index in [9.17, 15) is 18.3 Å². The molecule has 0 bridgehead atoms. The first-order chi connectivity index (χ1) is 16.8. The number of phenolic OH excluding ortho intramolecular Hbond substituents is 1. The van der Waals surface area contributed by atoms with Gasteiger partial charge in [-0.15, -0.1) is 0 Å². The van der Waals surface area contributed by atoms with Gasteiger partial charge in [0.15, 0.2) is 11.5 Å². The number of phenols is 1. The number of para-hydroxylation sites is 2. The van der Waals surface area contributed by atoms with Crippen molar-refractivity contribution in [2.45, 2.75) is 18.7 Å². The predicted octanol–water partition coefficient (Wildman–Crippen LogP) is 3.45. The minimum Gasteiger partial charge on any atom is -0.504 e. The van der Waals surface area contributed by atoms with Crippen molar-refractivity contribution in [2.24, 2.45) is 5.10 Å². The van der Waals surface area contributed by atoms with E-state index in [2.05, 4.69) is 10.5 Å². The molecule has 0 aliphatic rings. The first-order valence-electron chi connectivity index (χ1n) is 10.8. The molecular formula is C25H27N3O6S. The number of hydrazone groups is 1. The molecule has 0 unspecified atom stereocenters. The third kappa shape index (κ3) is 6.30. The summed E-state index contributed by atoms with van der Waals surface area (Å²) in [6, 6.07) is 17.5. The molecule has 1 amide bonds. The number of amides is 1. The number of carbonyl (C=O) groups excluding carboxylic acids is 1. The molecule has 0 aliphatic heterocycles. The van der Waals surface area contributed by atoms with E-state index in [1.54, 1.807) is 49.4 Å². The number of aryl methyl sites for hydroxylation is 1. The molecule has 0 fully saturated rings. The van der Waals surface area contributed by atoms with Gasteiger partial charge in [-0.2, -0.15) is 5.10 Å². The summed E-state index contributed by atoms with van der Waals surface area (Å²) in [4.78, 5) is 12.8. The zero-order valence-electron chi connectivity index (χ0n) is 19.6. The van der Waals surface area contributed by atoms with Gasteiger partial charge in [0.25, 0.3) is 15.9 Å². The smallest absolute Gasteiger partial charge is 0.264 e. The van der Waals surface area contributed by atoms with E-state index in [4.69, 9.17) is 9.47 Å². The highest BCUT2D eigenvalue weighted by Gasteiger charge is 2.29. The van der Waals surface area contributed by atoms with Gasteiger partial charge in [0.05, 0.1) is 30.5 Å². The van der Waals surface area contributed by atoms with Crippen LogP contribution in [0.15, 0.2) is 76.7 Å². The zero-order valence-corrected chi connectivity index (χ0v) is 20.5. The van der Waals surface area contributed by atoms with E-state index in [1.807, 2.05) is 6.92 Å². The van der Waals surface area contributed by atoms with E-state index in [1.165, 1.54) is 37.6 Å². The monoisotopic (exact) mass is 497 g/mol. The van der Waals surface area contributed by atoms with Crippen LogP contribution < -0.4 is 19.2 Å². The van der Waals surface area contributed by atoms with Crippen molar-refractivity contribution in [3.05, 3.63) is 77.9 Å². The topological polar surface area (TPSA) is 118 Å². The molecule has 35 heavy (non-hydrogen) atoms. The maximum absolute atomic E-state index is 13.5. The van der Waals surface area contributed by atoms with Gasteiger partial charge in [-0.25, -0.2) is 13.8 Å². The summed E-state index contributed by atoms with van der Waals surface area (Å²) < 4.78 is 38.8. The highest BCUT2D eigenvalue weighted by Crippen LogP contribution is 2.32. The fraction of sp³-hybridized carbons (Fsp3) is 0.200. The Hall–Kier alpha value is -4.05. The summed E-state index contributed by atoms with van der Waals surface area (Å²) in [5, 5.41) is 13.6. The van der Waals surface area contributed by atoms with Gasteiger partial charge in [-0.05, 0) is 61.9 Å². The molecule has 0 aliphatic carbocycles. The molecule has 2 N–H and O–H groups in total. The number of nitrogens with one attached hydrogen (secondary N) is 1. The van der Waals surface area contributed by atoms with Crippen molar-refractivity contribution in [2.75, 3.05) is 24.6 Å². The largest absolute Gasteiger partial charge is 0.504 e. The number of ether oxygens (including phenoxy) is 2. The Labute approximate surface area is 204 Å². The van der Waals surface area contributed by atoms with Crippen LogP contribution in [0.2, 0.25) is 0 Å². The van der Waals surface area contributed by atoms with Crippen LogP contribution in [0.5, 0.6) is 17.2 Å². The number of anilines is 1. The molecular weight excluding hydrogens is 470 g/mol. The lowest BCUT2D eigenvalue weighted by Crippen LogP contribution is -2.39. The van der Waals surface area contributed by atoms with E-state index in [0.717, 1.165) is 9.87 Å². The Morgan fingerprint density at radius 1 is 1.09 bits per heavy atom. The Balaban J connectivity index is 1.88. The molecule has 10 heteroatoms. The first-order valence-corrected chi connectivity index (χ1v) is 12.2. The summed E-state index contributed by atoms with van der Waals surface area (Å²) in [5.74, 6) is -0.103. The van der Waals surface area contributed by atoms with Crippen molar-refractivity contribution in [3.8, 4) is 17.2 Å². The first kappa shape index (κ1) is 25.6. The number of nitrogens with zero attached hydrogens (tertiary/aromatic N) is 2. The molecule has 0 saturated carbocycles. The maximum atomic E-state index is 13.5. The van der Waals surface area contributed by atoms with Crippen molar-refractivity contribution < 1.29 is 27.8 Å². The Morgan fingerprint density at radius 2 is 1.80 bits per heavy atom. The Kier molecular flexibility index (Phi) is 8.32. The van der Waals surface area contributed by atoms with Crippen LogP contribution in [0.25, 0.3) is 0 Å². The second-order valence-electron chi connectivity index (χ2n) is 7.45. The van der Waals surface area contributed by atoms with Gasteiger partial charge in [0.2, 0.25) is 0 Å². The lowest BCUT2D eigenvalue weighted by atomic mass is 10.2. The summed E-state index contributed by atoms with van der Waals surface area (Å²) in [7, 11) is -2.68. The van der Waals surface area contributed by atoms with Crippen molar-refractivity contribution >= 4 is 27.8 Å². The third-order valence-corrected chi connectivity index (χ3v) is 6.71. The molecule has 0 aromatic heterocycles. The summed E-state index contributed by atoms with van der Waals surface area (Å²) in [6.07, 6.45) is 1.35. The molecule has 9 nitrogen and oxygen atoms in total. The second kappa shape index (κ2) is 11.4. The van der Waals surface area contributed by atoms with Gasteiger partial charge in [-0.1, -0.05) is 29.8 Å². The molecule has 0 spiro atoms. The van der Waals surface area contributed by atoms with Gasteiger partial charge in [0.1, 0.15) is 12.3 Å². The number of benzene rings is 3. The molecule has 184 valence electrons. The van der Waals surface area contributed by atoms with Crippen LogP contribution in [0, 0.1) is 6.92 Å². The fourth-order valence-corrected chi connectivity index (χ4v) is 4.63. The normalized spacial score (nSPS) is 11.3. The van der Waals surface area contributed by atoms with Crippen LogP contribution >= 0.6 is 0 Å². The standard InChI is InChI=1S/C25H27N3O6S/c1-4-34-23-8-6-5-7-21(23)28(35(31,32)20-12-9-18(2)10-13-20)17-25(30)27-26-16-19-11-14-22(29)24(15-19)33-3/h5-16,29H,4,17H2,1-3H3,(H,27,30)/b26-16-. The molecule has 3 rings (SSSR count). The van der Waals surface area contributed by atoms with Crippen LogP contribution in [0.1, 0.15) is 18.1 Å². The molecule has 0 atom stereocenters. The minimum atomic E-state index is -4.10. The SMILES string of the molecule is CCOc1ccccc1N(CC(=O)N/N=C\c1ccc(O)c(OC)c1)S(=O)(=O)c1ccc(C)cc1. The number of carbonyl (C=O) groups is 1. The van der Waals surface area contributed by atoms with Crippen LogP contribution in [0.3, 0.4) is 0 Å². The third-order valence-electron chi connectivity index (χ3n) is 4.94. The number of rotatable bonds is 10. The van der Waals surface area contributed by atoms with E-state index < -0.39 is 22.5 Å². The average molecular weight is 498 g/mol. The van der Waals surface area contributed by atoms with Crippen molar-refractivity contribution in [1.82, 2.24) is 5.43 Å². The quantitative estimate of drug-likeness (QED) is 0.327. The molecule has 0 radical (unpaired) electrons. The fourth-order valence-electron chi connectivity index (χ4n) is 3.20. The van der Waals surface area contributed by atoms with Gasteiger partial charge in [0, 0.05) is 0 Å². The number of hydrogen-bond acceptors (Lipinski definition) is 7. The molecule has 0 heterocycles. The van der Waals surface area contributed by atoms with E-state index >= 15 is 0 Å². The zero-order chi connectivity index (χ0) is 25.4. The van der Waals surface area contributed by atoms with E-state index in [-0.39, 0.29) is 22.1 Å². The van der Waals surface area contributed by atoms with Gasteiger partial charge >= 0.3 is 0 Å². The number of sulfonamides is 1. The maximum Gasteiger partial charge on any atom is 0.264 e. The summed E-state index contributed by atoms with van der Waals surface area (Å²) in [6.45, 7) is 3.43. The van der Waals surface area contributed by atoms with Crippen LogP contribution in [-0.4, -0.2) is 45.9 Å². The van der Waals surface area contributed by atoms with Crippen LogP contribution in [0.4, 0.5) is 5.69 Å². The number of hydrogen-bond donors (Lipinski definition) is 2. The minimum absolute atomic E-state index is 0.0291. The number of methoxy groups -OCH3 is 1. The summed E-state index contributed by atoms with van der Waals surface area (Å²) >= 11 is 0. The van der Waals surface area contributed by atoms with Crippen molar-refractivity contribution in [3.63, 3.8) is 0 Å². The lowest BCUT2D eigenvalue weighted by Gasteiger charge is -2.25.